The van der Waals surface area contributed by atoms with Crippen LogP contribution in [0.1, 0.15) is 59.3 Å². The number of hydrogen-bond donors (Lipinski definition) is 0. The van der Waals surface area contributed by atoms with Crippen molar-refractivity contribution in [1.29, 1.82) is 0 Å². The van der Waals surface area contributed by atoms with Crippen molar-refractivity contribution in [3.8, 4) is 0 Å². The van der Waals surface area contributed by atoms with Crippen molar-refractivity contribution < 1.29 is 4.79 Å². The van der Waals surface area contributed by atoms with Crippen LogP contribution in [0, 0.1) is 16.7 Å². The Labute approximate surface area is 99.3 Å². The molecule has 1 fully saturated rings. The van der Waals surface area contributed by atoms with Gasteiger partial charge in [-0.2, -0.15) is 0 Å². The van der Waals surface area contributed by atoms with Crippen LogP contribution in [0.2, 0.25) is 0 Å². The number of fused-ring (bicyclic) bond motifs is 1. The minimum atomic E-state index is 0.248. The average Bonchev–Trinajstić information content (AvgIpc) is 2.16. The van der Waals surface area contributed by atoms with Crippen molar-refractivity contribution in [2.45, 2.75) is 59.3 Å². The number of allylic oxidation sites excluding steroid dienone is 2. The molecule has 2 aliphatic rings. The van der Waals surface area contributed by atoms with E-state index in [0.717, 1.165) is 25.0 Å². The number of hydrogen-bond acceptors (Lipinski definition) is 1. The summed E-state index contributed by atoms with van der Waals surface area (Å²) >= 11 is 0. The highest BCUT2D eigenvalue weighted by Crippen LogP contribution is 2.53. The molecule has 2 aliphatic carbocycles. The van der Waals surface area contributed by atoms with Crippen molar-refractivity contribution in [3.05, 3.63) is 11.6 Å². The zero-order valence-electron chi connectivity index (χ0n) is 10.9. The van der Waals surface area contributed by atoms with E-state index in [4.69, 9.17) is 0 Å². The van der Waals surface area contributed by atoms with Crippen LogP contribution in [-0.4, -0.2) is 6.29 Å². The smallest absolute Gasteiger partial charge is 0.120 e. The second kappa shape index (κ2) is 4.01. The summed E-state index contributed by atoms with van der Waals surface area (Å²) in [5.74, 6) is 0.779. The lowest BCUT2D eigenvalue weighted by molar-refractivity contribution is -0.110. The lowest BCUT2D eigenvalue weighted by Crippen LogP contribution is -2.36. The molecule has 2 rings (SSSR count). The molecule has 0 aromatic rings. The van der Waals surface area contributed by atoms with Gasteiger partial charge in [-0.3, -0.25) is 0 Å². The summed E-state index contributed by atoms with van der Waals surface area (Å²) in [5, 5.41) is 0. The second-order valence-corrected chi connectivity index (χ2v) is 6.76. The van der Waals surface area contributed by atoms with E-state index in [2.05, 4.69) is 26.8 Å². The largest absolute Gasteiger partial charge is 0.303 e. The molecule has 0 unspecified atom stereocenters. The molecule has 1 nitrogen and oxygen atoms in total. The van der Waals surface area contributed by atoms with Gasteiger partial charge in [0.2, 0.25) is 0 Å². The Morgan fingerprint density at radius 2 is 2.12 bits per heavy atom. The minimum absolute atomic E-state index is 0.248. The van der Waals surface area contributed by atoms with E-state index in [0.29, 0.717) is 5.41 Å². The van der Waals surface area contributed by atoms with Crippen LogP contribution in [-0.2, 0) is 4.79 Å². The molecule has 0 aromatic heterocycles. The maximum absolute atomic E-state index is 10.7. The molecule has 0 spiro atoms. The van der Waals surface area contributed by atoms with Gasteiger partial charge in [0, 0.05) is 6.42 Å². The van der Waals surface area contributed by atoms with Gasteiger partial charge in [-0.15, -0.1) is 0 Å². The van der Waals surface area contributed by atoms with Crippen LogP contribution in [0.25, 0.3) is 0 Å². The number of carbonyl (C=O) groups is 1. The number of aldehydes is 1. The van der Waals surface area contributed by atoms with Gasteiger partial charge in [-0.1, -0.05) is 32.4 Å². The first kappa shape index (κ1) is 11.9. The van der Waals surface area contributed by atoms with E-state index in [1.165, 1.54) is 25.7 Å². The molecule has 90 valence electrons. The Kier molecular flexibility index (Phi) is 2.98. The maximum Gasteiger partial charge on any atom is 0.120 e. The molecule has 0 aromatic carbocycles. The molecular formula is C15H24O. The van der Waals surface area contributed by atoms with E-state index in [1.54, 1.807) is 5.57 Å². The summed E-state index contributed by atoms with van der Waals surface area (Å²) in [6, 6.07) is 0. The fourth-order valence-electron chi connectivity index (χ4n) is 3.67. The van der Waals surface area contributed by atoms with E-state index >= 15 is 0 Å². The molecule has 0 heterocycles. The van der Waals surface area contributed by atoms with Crippen molar-refractivity contribution in [2.75, 3.05) is 0 Å². The van der Waals surface area contributed by atoms with E-state index in [9.17, 15) is 4.79 Å². The van der Waals surface area contributed by atoms with E-state index in [-0.39, 0.29) is 5.41 Å². The molecule has 1 saturated carbocycles. The normalized spacial score (nSPS) is 37.4. The molecule has 0 aliphatic heterocycles. The third kappa shape index (κ3) is 2.09. The Hall–Kier alpha value is -0.590. The zero-order valence-corrected chi connectivity index (χ0v) is 10.9. The Balaban J connectivity index is 2.17. The lowest BCUT2D eigenvalue weighted by Gasteiger charge is -2.47. The maximum atomic E-state index is 10.7. The summed E-state index contributed by atoms with van der Waals surface area (Å²) in [4.78, 5) is 10.7. The Bertz CT molecular complexity index is 313. The summed E-state index contributed by atoms with van der Waals surface area (Å²) in [7, 11) is 0. The van der Waals surface area contributed by atoms with Crippen LogP contribution >= 0.6 is 0 Å². The van der Waals surface area contributed by atoms with Gasteiger partial charge in [0.25, 0.3) is 0 Å². The SMILES string of the molecule is CC1(C)CCC=C2C[C@](C)(CC=O)CC[C@@H]21. The monoisotopic (exact) mass is 220 g/mol. The molecule has 16 heavy (non-hydrogen) atoms. The van der Waals surface area contributed by atoms with Crippen LogP contribution in [0.5, 0.6) is 0 Å². The zero-order chi connectivity index (χ0) is 11.8. The van der Waals surface area contributed by atoms with Crippen LogP contribution in [0.4, 0.5) is 0 Å². The quantitative estimate of drug-likeness (QED) is 0.505. The average molecular weight is 220 g/mol. The standard InChI is InChI=1S/C15H24O/c1-14(2)7-4-5-12-11-15(3,9-10-16)8-6-13(12)14/h5,10,13H,4,6-9,11H2,1-3H3/t13-,15-/m0/s1. The topological polar surface area (TPSA) is 17.1 Å². The first-order chi connectivity index (χ1) is 7.47. The fraction of sp³-hybridized carbons (Fsp3) is 0.800. The van der Waals surface area contributed by atoms with Crippen molar-refractivity contribution in [2.24, 2.45) is 16.7 Å². The van der Waals surface area contributed by atoms with Gasteiger partial charge >= 0.3 is 0 Å². The highest BCUT2D eigenvalue weighted by molar-refractivity contribution is 5.51. The molecule has 0 bridgehead atoms. The predicted molar refractivity (Wildman–Crippen MR) is 67.2 cm³/mol. The van der Waals surface area contributed by atoms with Crippen molar-refractivity contribution >= 4 is 6.29 Å². The van der Waals surface area contributed by atoms with Gasteiger partial charge in [0.05, 0.1) is 0 Å². The Morgan fingerprint density at radius 3 is 2.81 bits per heavy atom. The van der Waals surface area contributed by atoms with Crippen molar-refractivity contribution in [1.82, 2.24) is 0 Å². The van der Waals surface area contributed by atoms with E-state index < -0.39 is 0 Å². The highest BCUT2D eigenvalue weighted by Gasteiger charge is 2.41. The Morgan fingerprint density at radius 1 is 1.38 bits per heavy atom. The third-order valence-electron chi connectivity index (χ3n) is 4.83. The molecule has 0 radical (unpaired) electrons. The number of rotatable bonds is 2. The first-order valence-electron chi connectivity index (χ1n) is 6.59. The molecule has 0 saturated heterocycles. The van der Waals surface area contributed by atoms with Gasteiger partial charge in [-0.25, -0.2) is 0 Å². The van der Waals surface area contributed by atoms with Gasteiger partial charge < -0.3 is 4.79 Å². The fourth-order valence-corrected chi connectivity index (χ4v) is 3.67. The summed E-state index contributed by atoms with van der Waals surface area (Å²) in [6.07, 6.45) is 10.5. The molecular weight excluding hydrogens is 196 g/mol. The van der Waals surface area contributed by atoms with Crippen molar-refractivity contribution in [3.63, 3.8) is 0 Å². The predicted octanol–water partition coefficient (Wildman–Crippen LogP) is 4.13. The van der Waals surface area contributed by atoms with Gasteiger partial charge in [0.15, 0.2) is 0 Å². The van der Waals surface area contributed by atoms with E-state index in [1.807, 2.05) is 0 Å². The molecule has 0 N–H and O–H groups in total. The number of carbonyl (C=O) groups excluding carboxylic acids is 1. The first-order valence-corrected chi connectivity index (χ1v) is 6.59. The minimum Gasteiger partial charge on any atom is -0.303 e. The van der Waals surface area contributed by atoms with Crippen LogP contribution in [0.15, 0.2) is 11.6 Å². The summed E-state index contributed by atoms with van der Waals surface area (Å²) < 4.78 is 0. The lowest BCUT2D eigenvalue weighted by atomic mass is 9.58. The van der Waals surface area contributed by atoms with Gasteiger partial charge in [0.1, 0.15) is 6.29 Å². The highest BCUT2D eigenvalue weighted by atomic mass is 16.1. The summed E-state index contributed by atoms with van der Waals surface area (Å²) in [6.45, 7) is 7.10. The van der Waals surface area contributed by atoms with Crippen LogP contribution < -0.4 is 0 Å². The molecule has 1 heteroatoms. The van der Waals surface area contributed by atoms with Crippen LogP contribution in [0.3, 0.4) is 0 Å². The van der Waals surface area contributed by atoms with Gasteiger partial charge in [-0.05, 0) is 48.9 Å². The summed E-state index contributed by atoms with van der Waals surface area (Å²) in [5.41, 5.74) is 2.37. The second-order valence-electron chi connectivity index (χ2n) is 6.76. The molecule has 0 amide bonds. The third-order valence-corrected chi connectivity index (χ3v) is 4.83. The molecule has 2 atom stereocenters.